The zero-order valence-electron chi connectivity index (χ0n) is 13.2. The summed E-state index contributed by atoms with van der Waals surface area (Å²) < 4.78 is 10.9. The van der Waals surface area contributed by atoms with Gasteiger partial charge < -0.3 is 19.9 Å². The Morgan fingerprint density at radius 3 is 2.57 bits per heavy atom. The second-order valence-electron chi connectivity index (χ2n) is 5.27. The molecule has 1 aromatic rings. The van der Waals surface area contributed by atoms with E-state index in [0.717, 1.165) is 12.0 Å². The molecule has 0 aliphatic heterocycles. The molecular formula is C16H25NO4. The van der Waals surface area contributed by atoms with Gasteiger partial charge in [0.1, 0.15) is 6.04 Å². The van der Waals surface area contributed by atoms with Crippen molar-refractivity contribution in [2.75, 3.05) is 13.7 Å². The van der Waals surface area contributed by atoms with Crippen molar-refractivity contribution in [2.24, 2.45) is 5.92 Å². The van der Waals surface area contributed by atoms with Crippen molar-refractivity contribution in [2.45, 2.75) is 39.8 Å². The molecule has 1 aromatic carbocycles. The number of hydrogen-bond acceptors (Lipinski definition) is 4. The molecule has 0 fully saturated rings. The molecule has 0 aromatic heterocycles. The Bertz CT molecular complexity index is 460. The fraction of sp³-hybridized carbons (Fsp3) is 0.562. The van der Waals surface area contributed by atoms with Gasteiger partial charge in [-0.25, -0.2) is 0 Å². The SMILES string of the molecule is CCCOc1cc(CN[C@H](C(=O)O)C(C)C)ccc1OC. The third-order valence-electron chi connectivity index (χ3n) is 3.15. The van der Waals surface area contributed by atoms with Crippen LogP contribution in [0.15, 0.2) is 18.2 Å². The van der Waals surface area contributed by atoms with E-state index in [1.165, 1.54) is 0 Å². The van der Waals surface area contributed by atoms with E-state index in [4.69, 9.17) is 14.6 Å². The molecule has 5 heteroatoms. The molecule has 0 amide bonds. The van der Waals surface area contributed by atoms with Gasteiger partial charge in [0, 0.05) is 6.54 Å². The zero-order chi connectivity index (χ0) is 15.8. The number of carboxylic acid groups (broad SMARTS) is 1. The zero-order valence-corrected chi connectivity index (χ0v) is 13.2. The second kappa shape index (κ2) is 8.52. The molecule has 0 heterocycles. The van der Waals surface area contributed by atoms with Gasteiger partial charge >= 0.3 is 5.97 Å². The third kappa shape index (κ3) is 5.27. The van der Waals surface area contributed by atoms with Crippen molar-refractivity contribution < 1.29 is 19.4 Å². The van der Waals surface area contributed by atoms with Gasteiger partial charge in [-0.05, 0) is 30.0 Å². The van der Waals surface area contributed by atoms with Crippen LogP contribution in [0.1, 0.15) is 32.8 Å². The Labute approximate surface area is 126 Å². The summed E-state index contributed by atoms with van der Waals surface area (Å²) in [6.07, 6.45) is 0.917. The lowest BCUT2D eigenvalue weighted by Crippen LogP contribution is -2.40. The lowest BCUT2D eigenvalue weighted by Gasteiger charge is -2.18. The molecule has 2 N–H and O–H groups in total. The van der Waals surface area contributed by atoms with E-state index in [0.29, 0.717) is 24.7 Å². The first-order valence-corrected chi connectivity index (χ1v) is 7.25. The number of methoxy groups -OCH3 is 1. The van der Waals surface area contributed by atoms with Crippen LogP contribution in [0.4, 0.5) is 0 Å². The maximum Gasteiger partial charge on any atom is 0.320 e. The van der Waals surface area contributed by atoms with Crippen molar-refractivity contribution >= 4 is 5.97 Å². The van der Waals surface area contributed by atoms with Crippen LogP contribution >= 0.6 is 0 Å². The molecule has 5 nitrogen and oxygen atoms in total. The van der Waals surface area contributed by atoms with Gasteiger partial charge in [0.15, 0.2) is 11.5 Å². The highest BCUT2D eigenvalue weighted by molar-refractivity contribution is 5.73. The van der Waals surface area contributed by atoms with Crippen LogP contribution in [0.3, 0.4) is 0 Å². The van der Waals surface area contributed by atoms with Gasteiger partial charge in [0.25, 0.3) is 0 Å². The number of benzene rings is 1. The van der Waals surface area contributed by atoms with Crippen molar-refractivity contribution in [1.29, 1.82) is 0 Å². The minimum Gasteiger partial charge on any atom is -0.493 e. The molecule has 0 saturated heterocycles. The summed E-state index contributed by atoms with van der Waals surface area (Å²) in [5, 5.41) is 12.2. The summed E-state index contributed by atoms with van der Waals surface area (Å²) in [4.78, 5) is 11.2. The Kier molecular flexibility index (Phi) is 7.02. The number of hydrogen-bond donors (Lipinski definition) is 2. The minimum absolute atomic E-state index is 0.0246. The van der Waals surface area contributed by atoms with Crippen molar-refractivity contribution in [3.63, 3.8) is 0 Å². The Balaban J connectivity index is 2.77. The molecule has 0 bridgehead atoms. The van der Waals surface area contributed by atoms with Crippen LogP contribution in [-0.2, 0) is 11.3 Å². The average molecular weight is 295 g/mol. The number of aliphatic carboxylic acids is 1. The summed E-state index contributed by atoms with van der Waals surface area (Å²) in [7, 11) is 1.60. The number of carboxylic acids is 1. The first-order chi connectivity index (χ1) is 9.99. The molecule has 1 rings (SSSR count). The third-order valence-corrected chi connectivity index (χ3v) is 3.15. The molecule has 21 heavy (non-hydrogen) atoms. The quantitative estimate of drug-likeness (QED) is 0.733. The van der Waals surface area contributed by atoms with Gasteiger partial charge in [0.05, 0.1) is 13.7 Å². The van der Waals surface area contributed by atoms with Crippen molar-refractivity contribution in [3.8, 4) is 11.5 Å². The van der Waals surface area contributed by atoms with E-state index >= 15 is 0 Å². The fourth-order valence-corrected chi connectivity index (χ4v) is 1.99. The monoisotopic (exact) mass is 295 g/mol. The summed E-state index contributed by atoms with van der Waals surface area (Å²) >= 11 is 0. The molecule has 118 valence electrons. The normalized spacial score (nSPS) is 12.2. The van der Waals surface area contributed by atoms with Crippen molar-refractivity contribution in [3.05, 3.63) is 23.8 Å². The number of carbonyl (C=O) groups is 1. The second-order valence-corrected chi connectivity index (χ2v) is 5.27. The number of rotatable bonds is 9. The lowest BCUT2D eigenvalue weighted by atomic mass is 10.0. The van der Waals surface area contributed by atoms with Gasteiger partial charge in [0.2, 0.25) is 0 Å². The average Bonchev–Trinajstić information content (AvgIpc) is 2.44. The maximum atomic E-state index is 11.2. The minimum atomic E-state index is -0.832. The highest BCUT2D eigenvalue weighted by Crippen LogP contribution is 2.28. The molecule has 0 saturated carbocycles. The summed E-state index contributed by atoms with van der Waals surface area (Å²) in [6.45, 7) is 6.90. The number of ether oxygens (including phenoxy) is 2. The first-order valence-electron chi connectivity index (χ1n) is 7.25. The molecule has 1 atom stereocenters. The topological polar surface area (TPSA) is 67.8 Å². The van der Waals surface area contributed by atoms with Gasteiger partial charge in [-0.2, -0.15) is 0 Å². The Morgan fingerprint density at radius 1 is 1.33 bits per heavy atom. The van der Waals surface area contributed by atoms with Crippen LogP contribution in [0.25, 0.3) is 0 Å². The van der Waals surface area contributed by atoms with Gasteiger partial charge in [-0.1, -0.05) is 26.8 Å². The fourth-order valence-electron chi connectivity index (χ4n) is 1.99. The van der Waals surface area contributed by atoms with Gasteiger partial charge in [-0.3, -0.25) is 4.79 Å². The van der Waals surface area contributed by atoms with E-state index in [-0.39, 0.29) is 5.92 Å². The van der Waals surface area contributed by atoms with Gasteiger partial charge in [-0.15, -0.1) is 0 Å². The Morgan fingerprint density at radius 2 is 2.05 bits per heavy atom. The molecule has 0 aliphatic rings. The predicted octanol–water partition coefficient (Wildman–Crippen LogP) is 2.68. The maximum absolute atomic E-state index is 11.2. The van der Waals surface area contributed by atoms with Crippen LogP contribution in [0, 0.1) is 5.92 Å². The summed E-state index contributed by atoms with van der Waals surface area (Å²) in [5.74, 6) is 0.568. The molecular weight excluding hydrogens is 270 g/mol. The Hall–Kier alpha value is -1.75. The summed E-state index contributed by atoms with van der Waals surface area (Å²) in [6, 6.07) is 5.07. The molecule has 0 aliphatic carbocycles. The standard InChI is InChI=1S/C16H25NO4/c1-5-8-21-14-9-12(6-7-13(14)20-4)10-17-15(11(2)3)16(18)19/h6-7,9,11,15,17H,5,8,10H2,1-4H3,(H,18,19)/t15-/m0/s1. The molecule has 0 spiro atoms. The first kappa shape index (κ1) is 17.3. The van der Waals surface area contributed by atoms with E-state index in [1.807, 2.05) is 39.0 Å². The van der Waals surface area contributed by atoms with Crippen LogP contribution in [0.2, 0.25) is 0 Å². The van der Waals surface area contributed by atoms with E-state index in [1.54, 1.807) is 7.11 Å². The van der Waals surface area contributed by atoms with Crippen LogP contribution in [0.5, 0.6) is 11.5 Å². The molecule has 0 radical (unpaired) electrons. The van der Waals surface area contributed by atoms with E-state index in [9.17, 15) is 4.79 Å². The largest absolute Gasteiger partial charge is 0.493 e. The highest BCUT2D eigenvalue weighted by Gasteiger charge is 2.20. The van der Waals surface area contributed by atoms with Crippen molar-refractivity contribution in [1.82, 2.24) is 5.32 Å². The highest BCUT2D eigenvalue weighted by atomic mass is 16.5. The van der Waals surface area contributed by atoms with Crippen LogP contribution in [-0.4, -0.2) is 30.8 Å². The van der Waals surface area contributed by atoms with E-state index in [2.05, 4.69) is 5.32 Å². The van der Waals surface area contributed by atoms with Crippen LogP contribution < -0.4 is 14.8 Å². The van der Waals surface area contributed by atoms with E-state index < -0.39 is 12.0 Å². The summed E-state index contributed by atoms with van der Waals surface area (Å²) in [5.41, 5.74) is 0.966. The lowest BCUT2D eigenvalue weighted by molar-refractivity contribution is -0.140. The number of nitrogens with one attached hydrogen (secondary N) is 1. The predicted molar refractivity (Wildman–Crippen MR) is 81.9 cm³/mol. The smallest absolute Gasteiger partial charge is 0.320 e. The molecule has 0 unspecified atom stereocenters.